The molecule has 3 rings (SSSR count). The van der Waals surface area contributed by atoms with Crippen LogP contribution in [0.4, 0.5) is 0 Å². The molecule has 1 saturated heterocycles. The van der Waals surface area contributed by atoms with Crippen molar-refractivity contribution in [3.63, 3.8) is 0 Å². The van der Waals surface area contributed by atoms with Crippen molar-refractivity contribution >= 4 is 21.6 Å². The van der Waals surface area contributed by atoms with Gasteiger partial charge in [0.1, 0.15) is 0 Å². The van der Waals surface area contributed by atoms with Crippen molar-refractivity contribution in [3.05, 3.63) is 40.9 Å². The first kappa shape index (κ1) is 16.0. The van der Waals surface area contributed by atoms with Crippen molar-refractivity contribution in [2.75, 3.05) is 32.7 Å². The number of halogens is 1. The van der Waals surface area contributed by atoms with Gasteiger partial charge in [-0.15, -0.1) is 0 Å². The van der Waals surface area contributed by atoms with Gasteiger partial charge in [0.15, 0.2) is 0 Å². The molecule has 1 aliphatic heterocycles. The number of nitrogens with zero attached hydrogens (tertiary/aromatic N) is 2. The van der Waals surface area contributed by atoms with Crippen molar-refractivity contribution in [3.8, 4) is 0 Å². The fourth-order valence-corrected chi connectivity index (χ4v) is 4.87. The van der Waals surface area contributed by atoms with Gasteiger partial charge in [-0.05, 0) is 42.5 Å². The summed E-state index contributed by atoms with van der Waals surface area (Å²) in [6.45, 7) is 6.70. The van der Waals surface area contributed by atoms with E-state index in [1.165, 1.54) is 11.1 Å². The van der Waals surface area contributed by atoms with E-state index in [1.807, 2.05) is 12.1 Å². The van der Waals surface area contributed by atoms with Crippen LogP contribution >= 0.6 is 11.6 Å². The van der Waals surface area contributed by atoms with Gasteiger partial charge in [-0.25, -0.2) is 8.42 Å². The molecule has 22 heavy (non-hydrogen) atoms. The predicted octanol–water partition coefficient (Wildman–Crippen LogP) is 2.23. The topological polar surface area (TPSA) is 40.6 Å². The van der Waals surface area contributed by atoms with Crippen LogP contribution in [0.15, 0.2) is 34.7 Å². The van der Waals surface area contributed by atoms with Crippen LogP contribution in [0, 0.1) is 0 Å². The molecule has 0 aromatic heterocycles. The van der Waals surface area contributed by atoms with Gasteiger partial charge in [0.05, 0.1) is 4.90 Å². The number of piperazine rings is 1. The third kappa shape index (κ3) is 3.23. The molecular formula is C16H21ClN2O2S. The smallest absolute Gasteiger partial charge is 0.243 e. The van der Waals surface area contributed by atoms with Crippen molar-refractivity contribution in [2.24, 2.45) is 0 Å². The Balaban J connectivity index is 1.73. The minimum Gasteiger partial charge on any atom is -0.296 e. The average molecular weight is 341 g/mol. The van der Waals surface area contributed by atoms with Gasteiger partial charge < -0.3 is 0 Å². The molecule has 1 fully saturated rings. The quantitative estimate of drug-likeness (QED) is 0.844. The first-order valence-electron chi connectivity index (χ1n) is 7.64. The molecule has 2 aliphatic rings. The van der Waals surface area contributed by atoms with Crippen LogP contribution in [0.25, 0.3) is 0 Å². The van der Waals surface area contributed by atoms with E-state index in [9.17, 15) is 8.42 Å². The van der Waals surface area contributed by atoms with E-state index in [2.05, 4.69) is 11.5 Å². The molecule has 4 nitrogen and oxygen atoms in total. The van der Waals surface area contributed by atoms with E-state index in [1.54, 1.807) is 10.4 Å². The lowest BCUT2D eigenvalue weighted by Crippen LogP contribution is -2.48. The van der Waals surface area contributed by atoms with Gasteiger partial charge in [0.2, 0.25) is 10.0 Å². The number of benzene rings is 1. The summed E-state index contributed by atoms with van der Waals surface area (Å²) in [5.74, 6) is 0. The van der Waals surface area contributed by atoms with E-state index < -0.39 is 10.0 Å². The van der Waals surface area contributed by atoms with Gasteiger partial charge in [0, 0.05) is 37.8 Å². The Morgan fingerprint density at radius 1 is 1.14 bits per heavy atom. The molecule has 0 N–H and O–H groups in total. The van der Waals surface area contributed by atoms with Crippen molar-refractivity contribution in [1.29, 1.82) is 0 Å². The summed E-state index contributed by atoms with van der Waals surface area (Å²) in [5.41, 5.74) is 2.49. The average Bonchev–Trinajstić information content (AvgIpc) is 2.94. The maximum absolute atomic E-state index is 12.8. The first-order valence-corrected chi connectivity index (χ1v) is 9.46. The van der Waals surface area contributed by atoms with Crippen molar-refractivity contribution in [1.82, 2.24) is 9.21 Å². The maximum atomic E-state index is 12.8. The Labute approximate surface area is 137 Å². The molecule has 0 atom stereocenters. The highest BCUT2D eigenvalue weighted by molar-refractivity contribution is 7.89. The third-order valence-electron chi connectivity index (χ3n) is 4.43. The van der Waals surface area contributed by atoms with E-state index >= 15 is 0 Å². The summed E-state index contributed by atoms with van der Waals surface area (Å²) in [5, 5.41) is 0.593. The number of fused-ring (bicyclic) bond motifs is 1. The predicted molar refractivity (Wildman–Crippen MR) is 88.7 cm³/mol. The third-order valence-corrected chi connectivity index (χ3v) is 6.45. The van der Waals surface area contributed by atoms with Crippen molar-refractivity contribution < 1.29 is 8.42 Å². The molecule has 6 heteroatoms. The second-order valence-electron chi connectivity index (χ2n) is 5.98. The molecule has 0 spiro atoms. The number of sulfonamides is 1. The molecule has 0 radical (unpaired) electrons. The maximum Gasteiger partial charge on any atom is 0.243 e. The zero-order valence-electron chi connectivity index (χ0n) is 12.6. The van der Waals surface area contributed by atoms with E-state index in [0.717, 1.165) is 19.3 Å². The molecular weight excluding hydrogens is 320 g/mol. The number of hydrogen-bond donors (Lipinski definition) is 0. The minimum atomic E-state index is -3.38. The number of rotatable bonds is 4. The lowest BCUT2D eigenvalue weighted by Gasteiger charge is -2.33. The van der Waals surface area contributed by atoms with Crippen LogP contribution in [0.3, 0.4) is 0 Å². The zero-order valence-corrected chi connectivity index (χ0v) is 14.2. The number of hydrogen-bond acceptors (Lipinski definition) is 3. The Bertz CT molecular complexity index is 679. The molecule has 0 amide bonds. The van der Waals surface area contributed by atoms with Gasteiger partial charge >= 0.3 is 0 Å². The molecule has 1 heterocycles. The van der Waals surface area contributed by atoms with E-state index in [0.29, 0.717) is 42.7 Å². The molecule has 1 aliphatic carbocycles. The van der Waals surface area contributed by atoms with Gasteiger partial charge in [-0.2, -0.15) is 4.31 Å². The summed E-state index contributed by atoms with van der Waals surface area (Å²) in [7, 11) is -3.38. The largest absolute Gasteiger partial charge is 0.296 e. The fourth-order valence-electron chi connectivity index (χ4n) is 3.23. The lowest BCUT2D eigenvalue weighted by molar-refractivity contribution is 0.203. The Hall–Kier alpha value is -0.880. The van der Waals surface area contributed by atoms with E-state index in [4.69, 9.17) is 11.6 Å². The van der Waals surface area contributed by atoms with Gasteiger partial charge in [-0.3, -0.25) is 4.90 Å². The van der Waals surface area contributed by atoms with Crippen LogP contribution < -0.4 is 0 Å². The number of aryl methyl sites for hydroxylation is 2. The van der Waals surface area contributed by atoms with Gasteiger partial charge in [0.25, 0.3) is 0 Å². The minimum absolute atomic E-state index is 0.434. The summed E-state index contributed by atoms with van der Waals surface area (Å²) < 4.78 is 27.1. The molecule has 0 bridgehead atoms. The lowest BCUT2D eigenvalue weighted by atomic mass is 10.1. The second kappa shape index (κ2) is 6.32. The second-order valence-corrected chi connectivity index (χ2v) is 8.45. The van der Waals surface area contributed by atoms with Crippen LogP contribution in [0.1, 0.15) is 17.5 Å². The van der Waals surface area contributed by atoms with Crippen molar-refractivity contribution in [2.45, 2.75) is 24.2 Å². The highest BCUT2D eigenvalue weighted by Crippen LogP contribution is 2.26. The molecule has 0 unspecified atom stereocenters. The van der Waals surface area contributed by atoms with Crippen LogP contribution in [-0.2, 0) is 22.9 Å². The highest BCUT2D eigenvalue weighted by Gasteiger charge is 2.29. The standard InChI is InChI=1S/C16H21ClN2O2S/c1-13(17)12-18-7-9-19(10-8-18)22(20,21)16-6-5-14-3-2-4-15(14)11-16/h5-6,11H,1-4,7-10,12H2. The molecule has 1 aromatic rings. The van der Waals surface area contributed by atoms with Crippen LogP contribution in [0.2, 0.25) is 0 Å². The Morgan fingerprint density at radius 2 is 1.82 bits per heavy atom. The Morgan fingerprint density at radius 3 is 2.50 bits per heavy atom. The first-order chi connectivity index (χ1) is 10.5. The Kier molecular flexibility index (Phi) is 4.59. The molecule has 120 valence electrons. The normalized spacial score (nSPS) is 20.0. The molecule has 1 aromatic carbocycles. The van der Waals surface area contributed by atoms with Crippen LogP contribution in [-0.4, -0.2) is 50.3 Å². The zero-order chi connectivity index (χ0) is 15.7. The summed E-state index contributed by atoms with van der Waals surface area (Å²) in [6.07, 6.45) is 3.18. The summed E-state index contributed by atoms with van der Waals surface area (Å²) >= 11 is 5.82. The van der Waals surface area contributed by atoms with Crippen LogP contribution in [0.5, 0.6) is 0 Å². The van der Waals surface area contributed by atoms with E-state index in [-0.39, 0.29) is 0 Å². The summed E-state index contributed by atoms with van der Waals surface area (Å²) in [4.78, 5) is 2.56. The highest BCUT2D eigenvalue weighted by atomic mass is 35.5. The fraction of sp³-hybridized carbons (Fsp3) is 0.500. The monoisotopic (exact) mass is 340 g/mol. The molecule has 0 saturated carbocycles. The van der Waals surface area contributed by atoms with Gasteiger partial charge in [-0.1, -0.05) is 24.2 Å². The summed E-state index contributed by atoms with van der Waals surface area (Å²) in [6, 6.07) is 5.60. The SMILES string of the molecule is C=C(Cl)CN1CCN(S(=O)(=O)c2ccc3c(c2)CCC3)CC1.